The molecule has 1 fully saturated rings. The highest BCUT2D eigenvalue weighted by molar-refractivity contribution is 5.08. The first-order chi connectivity index (χ1) is 5.10. The largest absolute Gasteiger partial charge is 0.385 e. The van der Waals surface area contributed by atoms with Gasteiger partial charge in [0, 0.05) is 19.3 Å². The van der Waals surface area contributed by atoms with Crippen LogP contribution in [0.4, 0.5) is 0 Å². The topological polar surface area (TPSA) is 35.2 Å². The molecule has 11 heavy (non-hydrogen) atoms. The van der Waals surface area contributed by atoms with E-state index in [1.54, 1.807) is 7.11 Å². The van der Waals surface area contributed by atoms with E-state index < -0.39 is 0 Å². The van der Waals surface area contributed by atoms with E-state index in [-0.39, 0.29) is 5.54 Å². The number of methoxy groups -OCH3 is 1. The number of ether oxygens (including phenoxy) is 1. The van der Waals surface area contributed by atoms with Crippen LogP contribution in [-0.2, 0) is 4.74 Å². The summed E-state index contributed by atoms with van der Waals surface area (Å²) in [5.41, 5.74) is 6.21. The van der Waals surface area contributed by atoms with E-state index in [4.69, 9.17) is 10.5 Å². The molecular formula is C9H19NO. The third kappa shape index (κ3) is 1.94. The molecule has 0 aromatic rings. The minimum atomic E-state index is 0.115. The molecule has 2 unspecified atom stereocenters. The average molecular weight is 157 g/mol. The fourth-order valence-electron chi connectivity index (χ4n) is 1.83. The number of rotatable bonds is 4. The van der Waals surface area contributed by atoms with E-state index in [2.05, 4.69) is 13.8 Å². The van der Waals surface area contributed by atoms with Crippen LogP contribution >= 0.6 is 0 Å². The molecule has 1 aliphatic carbocycles. The third-order valence-corrected chi connectivity index (χ3v) is 2.75. The highest BCUT2D eigenvalue weighted by atomic mass is 16.5. The predicted octanol–water partition coefficient (Wildman–Crippen LogP) is 1.40. The Balaban J connectivity index is 2.25. The maximum Gasteiger partial charge on any atom is 0.0479 e. The lowest BCUT2D eigenvalue weighted by molar-refractivity contribution is 0.181. The summed E-state index contributed by atoms with van der Waals surface area (Å²) in [5.74, 6) is 1.47. The Hall–Kier alpha value is -0.0800. The summed E-state index contributed by atoms with van der Waals surface area (Å²) in [4.78, 5) is 0. The smallest absolute Gasteiger partial charge is 0.0479 e. The summed E-state index contributed by atoms with van der Waals surface area (Å²) in [6.45, 7) is 5.29. The first kappa shape index (κ1) is 9.01. The predicted molar refractivity (Wildman–Crippen MR) is 46.4 cm³/mol. The molecule has 0 radical (unpaired) electrons. The van der Waals surface area contributed by atoms with Gasteiger partial charge in [-0.1, -0.05) is 13.8 Å². The van der Waals surface area contributed by atoms with Crippen molar-refractivity contribution in [2.24, 2.45) is 17.6 Å². The SMILES string of the molecule is COCCC1(N)CC1C(C)C. The molecule has 1 aliphatic rings. The van der Waals surface area contributed by atoms with Crippen LogP contribution in [0, 0.1) is 11.8 Å². The van der Waals surface area contributed by atoms with Gasteiger partial charge >= 0.3 is 0 Å². The van der Waals surface area contributed by atoms with Crippen LogP contribution in [0.3, 0.4) is 0 Å². The second-order valence-corrected chi connectivity index (χ2v) is 4.03. The summed E-state index contributed by atoms with van der Waals surface area (Å²) in [5, 5.41) is 0. The average Bonchev–Trinajstić information content (AvgIpc) is 2.60. The quantitative estimate of drug-likeness (QED) is 0.669. The Morgan fingerprint density at radius 2 is 2.27 bits per heavy atom. The van der Waals surface area contributed by atoms with Crippen molar-refractivity contribution in [1.82, 2.24) is 0 Å². The normalized spacial score (nSPS) is 36.3. The van der Waals surface area contributed by atoms with Gasteiger partial charge in [0.2, 0.25) is 0 Å². The maximum absolute atomic E-state index is 6.10. The van der Waals surface area contributed by atoms with E-state index in [1.165, 1.54) is 6.42 Å². The van der Waals surface area contributed by atoms with Crippen LogP contribution in [0.5, 0.6) is 0 Å². The standard InChI is InChI=1S/C9H19NO/c1-7(2)8-6-9(8,10)4-5-11-3/h7-8H,4-6,10H2,1-3H3. The van der Waals surface area contributed by atoms with E-state index in [9.17, 15) is 0 Å². The maximum atomic E-state index is 6.10. The summed E-state index contributed by atoms with van der Waals surface area (Å²) in [6, 6.07) is 0. The zero-order valence-electron chi connectivity index (χ0n) is 7.76. The van der Waals surface area contributed by atoms with Gasteiger partial charge in [0.05, 0.1) is 0 Å². The zero-order valence-corrected chi connectivity index (χ0v) is 7.76. The van der Waals surface area contributed by atoms with Gasteiger partial charge in [-0.05, 0) is 24.7 Å². The first-order valence-electron chi connectivity index (χ1n) is 4.38. The van der Waals surface area contributed by atoms with Crippen LogP contribution in [0.15, 0.2) is 0 Å². The van der Waals surface area contributed by atoms with Gasteiger partial charge < -0.3 is 10.5 Å². The molecule has 2 heteroatoms. The molecule has 0 aliphatic heterocycles. The molecule has 2 N–H and O–H groups in total. The van der Waals surface area contributed by atoms with Crippen LogP contribution in [0.25, 0.3) is 0 Å². The van der Waals surface area contributed by atoms with Crippen molar-refractivity contribution < 1.29 is 4.74 Å². The van der Waals surface area contributed by atoms with Crippen LogP contribution < -0.4 is 5.73 Å². The van der Waals surface area contributed by atoms with E-state index in [1.807, 2.05) is 0 Å². The van der Waals surface area contributed by atoms with Gasteiger partial charge in [-0.3, -0.25) is 0 Å². The van der Waals surface area contributed by atoms with Crippen LogP contribution in [0.1, 0.15) is 26.7 Å². The second kappa shape index (κ2) is 3.11. The third-order valence-electron chi connectivity index (χ3n) is 2.75. The lowest BCUT2D eigenvalue weighted by Gasteiger charge is -2.12. The molecule has 2 nitrogen and oxygen atoms in total. The number of nitrogens with two attached hydrogens (primary N) is 1. The van der Waals surface area contributed by atoms with Gasteiger partial charge in [-0.2, -0.15) is 0 Å². The number of hydrogen-bond donors (Lipinski definition) is 1. The Morgan fingerprint density at radius 3 is 2.64 bits per heavy atom. The Labute approximate surface area is 69.1 Å². The molecule has 0 aromatic heterocycles. The van der Waals surface area contributed by atoms with Crippen molar-refractivity contribution in [3.8, 4) is 0 Å². The molecule has 0 heterocycles. The fraction of sp³-hybridized carbons (Fsp3) is 1.00. The molecular weight excluding hydrogens is 138 g/mol. The van der Waals surface area contributed by atoms with E-state index >= 15 is 0 Å². The van der Waals surface area contributed by atoms with Gasteiger partial charge in [0.1, 0.15) is 0 Å². The lowest BCUT2D eigenvalue weighted by atomic mass is 10.0. The Kier molecular flexibility index (Phi) is 2.55. The van der Waals surface area contributed by atoms with Crippen molar-refractivity contribution in [2.75, 3.05) is 13.7 Å². The summed E-state index contributed by atoms with van der Waals surface area (Å²) in [6.07, 6.45) is 2.21. The number of hydrogen-bond acceptors (Lipinski definition) is 2. The Morgan fingerprint density at radius 1 is 1.64 bits per heavy atom. The molecule has 0 bridgehead atoms. The Bertz CT molecular complexity index is 136. The fourth-order valence-corrected chi connectivity index (χ4v) is 1.83. The van der Waals surface area contributed by atoms with Gasteiger partial charge in [0.15, 0.2) is 0 Å². The molecule has 1 saturated carbocycles. The molecule has 1 rings (SSSR count). The minimum absolute atomic E-state index is 0.115. The second-order valence-electron chi connectivity index (χ2n) is 4.03. The highest BCUT2D eigenvalue weighted by Crippen LogP contribution is 2.48. The van der Waals surface area contributed by atoms with Crippen molar-refractivity contribution >= 4 is 0 Å². The van der Waals surface area contributed by atoms with Gasteiger partial charge in [0.25, 0.3) is 0 Å². The summed E-state index contributed by atoms with van der Waals surface area (Å²) in [7, 11) is 1.73. The summed E-state index contributed by atoms with van der Waals surface area (Å²) >= 11 is 0. The van der Waals surface area contributed by atoms with Crippen LogP contribution in [-0.4, -0.2) is 19.3 Å². The molecule has 0 spiro atoms. The van der Waals surface area contributed by atoms with Crippen LogP contribution in [0.2, 0.25) is 0 Å². The van der Waals surface area contributed by atoms with Crippen molar-refractivity contribution in [3.05, 3.63) is 0 Å². The highest BCUT2D eigenvalue weighted by Gasteiger charge is 2.51. The molecule has 66 valence electrons. The first-order valence-corrected chi connectivity index (χ1v) is 4.38. The van der Waals surface area contributed by atoms with Crippen molar-refractivity contribution in [1.29, 1.82) is 0 Å². The van der Waals surface area contributed by atoms with Crippen molar-refractivity contribution in [2.45, 2.75) is 32.2 Å². The van der Waals surface area contributed by atoms with E-state index in [0.717, 1.165) is 24.9 Å². The molecule has 2 atom stereocenters. The van der Waals surface area contributed by atoms with Crippen molar-refractivity contribution in [3.63, 3.8) is 0 Å². The molecule has 0 saturated heterocycles. The summed E-state index contributed by atoms with van der Waals surface area (Å²) < 4.78 is 5.01. The molecule has 0 amide bonds. The van der Waals surface area contributed by atoms with Gasteiger partial charge in [-0.15, -0.1) is 0 Å². The lowest BCUT2D eigenvalue weighted by Crippen LogP contribution is -2.28. The minimum Gasteiger partial charge on any atom is -0.385 e. The monoisotopic (exact) mass is 157 g/mol. The van der Waals surface area contributed by atoms with E-state index in [0.29, 0.717) is 0 Å². The molecule has 0 aromatic carbocycles. The van der Waals surface area contributed by atoms with Gasteiger partial charge in [-0.25, -0.2) is 0 Å². The zero-order chi connectivity index (χ0) is 8.48.